The molecule has 0 saturated carbocycles. The molecule has 0 aromatic rings. The van der Waals surface area contributed by atoms with Crippen molar-refractivity contribution in [3.05, 3.63) is 0 Å². The minimum absolute atomic E-state index is 0.322. The van der Waals surface area contributed by atoms with Gasteiger partial charge in [-0.1, -0.05) is 0 Å². The third-order valence-electron chi connectivity index (χ3n) is 0.691. The molecule has 0 radical (unpaired) electrons. The van der Waals surface area contributed by atoms with Gasteiger partial charge in [0.25, 0.3) is 0 Å². The topological polar surface area (TPSA) is 9.23 Å². The van der Waals surface area contributed by atoms with Crippen molar-refractivity contribution in [2.75, 3.05) is 6.61 Å². The number of rotatable bonds is 4. The molecule has 0 aromatic carbocycles. The van der Waals surface area contributed by atoms with E-state index in [0.29, 0.717) is 15.6 Å². The van der Waals surface area contributed by atoms with Gasteiger partial charge in [0.2, 0.25) is 0 Å². The predicted molar refractivity (Wildman–Crippen MR) is 32.5 cm³/mol. The van der Waals surface area contributed by atoms with Gasteiger partial charge in [0, 0.05) is 0 Å². The van der Waals surface area contributed by atoms with Crippen molar-refractivity contribution in [2.45, 2.75) is 25.6 Å². The normalized spacial score (nSPS) is 8.29. The van der Waals surface area contributed by atoms with Gasteiger partial charge in [-0.3, -0.25) is 0 Å². The van der Waals surface area contributed by atoms with E-state index in [1.807, 2.05) is 6.92 Å². The van der Waals surface area contributed by atoms with Crippen LogP contribution in [-0.2, 0) is 3.79 Å². The Bertz CT molecular complexity index is 27.3. The molecule has 2 heteroatoms. The van der Waals surface area contributed by atoms with Crippen LogP contribution in [0.25, 0.3) is 0 Å². The summed E-state index contributed by atoms with van der Waals surface area (Å²) in [5.74, 6) is 0. The second-order valence-electron chi connectivity index (χ2n) is 1.41. The van der Waals surface area contributed by atoms with Crippen LogP contribution in [0.1, 0.15) is 20.3 Å². The fourth-order valence-electron chi connectivity index (χ4n) is 0.319. The van der Waals surface area contributed by atoms with Gasteiger partial charge in [-0.25, -0.2) is 0 Å². The Morgan fingerprint density at radius 3 is 2.57 bits per heavy atom. The zero-order chi connectivity index (χ0) is 5.54. The molecule has 0 aliphatic carbocycles. The molecule has 0 bridgehead atoms. The van der Waals surface area contributed by atoms with Crippen LogP contribution in [0.2, 0.25) is 5.28 Å². The van der Waals surface area contributed by atoms with E-state index in [-0.39, 0.29) is 0 Å². The van der Waals surface area contributed by atoms with Gasteiger partial charge in [0.05, 0.1) is 0 Å². The Morgan fingerprint density at radius 2 is 2.14 bits per heavy atom. The van der Waals surface area contributed by atoms with E-state index >= 15 is 0 Å². The molecule has 7 heavy (non-hydrogen) atoms. The molecule has 1 nitrogen and oxygen atoms in total. The van der Waals surface area contributed by atoms with E-state index in [2.05, 4.69) is 6.92 Å². The molecule has 0 rings (SSSR count). The monoisotopic (exact) mass is 115 g/mol. The maximum atomic E-state index is 5.16. The first-order valence-electron chi connectivity index (χ1n) is 2.85. The molecule has 0 amide bonds. The van der Waals surface area contributed by atoms with Crippen LogP contribution >= 0.6 is 0 Å². The molecule has 0 fully saturated rings. The van der Waals surface area contributed by atoms with Gasteiger partial charge in [-0.15, -0.1) is 0 Å². The summed E-state index contributed by atoms with van der Waals surface area (Å²) in [5, 5.41) is 1.29. The third kappa shape index (κ3) is 6.49. The summed E-state index contributed by atoms with van der Waals surface area (Å²) in [6.45, 7) is 5.13. The van der Waals surface area contributed by atoms with Crippen LogP contribution in [0.15, 0.2) is 0 Å². The van der Waals surface area contributed by atoms with Gasteiger partial charge in [0.15, 0.2) is 0 Å². The summed E-state index contributed by atoms with van der Waals surface area (Å²) < 4.78 is 5.16. The second kappa shape index (κ2) is 6.49. The van der Waals surface area contributed by atoms with Gasteiger partial charge in [0.1, 0.15) is 0 Å². The Balaban J connectivity index is 2.45. The average molecular weight is 115 g/mol. The van der Waals surface area contributed by atoms with Gasteiger partial charge < -0.3 is 0 Å². The SMILES string of the molecule is CC[CH2][Al+][O]CC. The summed E-state index contributed by atoms with van der Waals surface area (Å²) in [7, 11) is 0. The molecule has 0 N–H and O–H groups in total. The first-order valence-corrected chi connectivity index (χ1v) is 4.13. The Hall–Kier alpha value is 0.492. The summed E-state index contributed by atoms with van der Waals surface area (Å²) in [5.41, 5.74) is 0. The summed E-state index contributed by atoms with van der Waals surface area (Å²) >= 11 is 0.322. The van der Waals surface area contributed by atoms with Gasteiger partial charge in [-0.2, -0.15) is 0 Å². The summed E-state index contributed by atoms with van der Waals surface area (Å²) in [6.07, 6.45) is 1.27. The van der Waals surface area contributed by atoms with Crippen molar-refractivity contribution in [3.63, 3.8) is 0 Å². The van der Waals surface area contributed by atoms with Gasteiger partial charge in [-0.05, 0) is 0 Å². The molecule has 0 aromatic heterocycles. The Labute approximate surface area is 52.1 Å². The Kier molecular flexibility index (Phi) is 6.95. The first kappa shape index (κ1) is 7.49. The third-order valence-corrected chi connectivity index (χ3v) is 2.07. The molecule has 40 valence electrons. The predicted octanol–water partition coefficient (Wildman–Crippen LogP) is 1.47. The standard InChI is InChI=1S/C3H7.C2H5O.Al/c1-3-2;1-2-3;/h1,3H2,2H3;2H2,1H3;/q;-1;+2. The maximum absolute atomic E-state index is 5.16. The molecule has 0 spiro atoms. The minimum atomic E-state index is 0.322. The number of hydrogen-bond donors (Lipinski definition) is 0. The van der Waals surface area contributed by atoms with Gasteiger partial charge >= 0.3 is 51.5 Å². The summed E-state index contributed by atoms with van der Waals surface area (Å²) in [4.78, 5) is 0. The second-order valence-corrected chi connectivity index (χ2v) is 2.65. The molecule has 0 unspecified atom stereocenters. The van der Waals surface area contributed by atoms with Crippen LogP contribution < -0.4 is 0 Å². The van der Waals surface area contributed by atoms with Crippen molar-refractivity contribution in [1.29, 1.82) is 0 Å². The fourth-order valence-corrected chi connectivity index (χ4v) is 0.957. The van der Waals surface area contributed by atoms with E-state index < -0.39 is 0 Å². The summed E-state index contributed by atoms with van der Waals surface area (Å²) in [6, 6.07) is 0. The molecule has 0 aliphatic heterocycles. The van der Waals surface area contributed by atoms with Crippen LogP contribution in [0.4, 0.5) is 0 Å². The van der Waals surface area contributed by atoms with Crippen molar-refractivity contribution in [3.8, 4) is 0 Å². The fraction of sp³-hybridized carbons (Fsp3) is 1.00. The average Bonchev–Trinajstić information content (AvgIpc) is 1.69. The van der Waals surface area contributed by atoms with E-state index in [1.165, 1.54) is 11.7 Å². The van der Waals surface area contributed by atoms with Crippen LogP contribution in [0.3, 0.4) is 0 Å². The Morgan fingerprint density at radius 1 is 1.43 bits per heavy atom. The van der Waals surface area contributed by atoms with Crippen molar-refractivity contribution in [2.24, 2.45) is 0 Å². The molecule has 0 heterocycles. The quantitative estimate of drug-likeness (QED) is 0.398. The van der Waals surface area contributed by atoms with E-state index in [1.54, 1.807) is 0 Å². The molecule has 0 saturated heterocycles. The molecule has 0 atom stereocenters. The van der Waals surface area contributed by atoms with Crippen LogP contribution in [0, 0.1) is 0 Å². The van der Waals surface area contributed by atoms with Crippen molar-refractivity contribution < 1.29 is 3.79 Å². The zero-order valence-electron chi connectivity index (χ0n) is 5.11. The molecular formula is C5H12AlO+. The zero-order valence-corrected chi connectivity index (χ0v) is 6.26. The van der Waals surface area contributed by atoms with E-state index in [4.69, 9.17) is 3.79 Å². The van der Waals surface area contributed by atoms with Crippen molar-refractivity contribution >= 4 is 15.6 Å². The van der Waals surface area contributed by atoms with Crippen molar-refractivity contribution in [1.82, 2.24) is 0 Å². The number of hydrogen-bond acceptors (Lipinski definition) is 1. The first-order chi connectivity index (χ1) is 3.41. The molecule has 0 aliphatic rings. The molecular weight excluding hydrogens is 103 g/mol. The van der Waals surface area contributed by atoms with E-state index in [9.17, 15) is 0 Å². The van der Waals surface area contributed by atoms with E-state index in [0.717, 1.165) is 6.61 Å². The van der Waals surface area contributed by atoms with Crippen LogP contribution in [-0.4, -0.2) is 22.2 Å². The van der Waals surface area contributed by atoms with Crippen LogP contribution in [0.5, 0.6) is 0 Å².